The van der Waals surface area contributed by atoms with Gasteiger partial charge in [-0.05, 0) is 19.1 Å². The van der Waals surface area contributed by atoms with Crippen molar-refractivity contribution in [2.24, 2.45) is 10.9 Å². The molecule has 21 heavy (non-hydrogen) atoms. The number of ether oxygens (including phenoxy) is 2. The van der Waals surface area contributed by atoms with Crippen LogP contribution in [0, 0.1) is 0 Å². The Kier molecular flexibility index (Phi) is 4.87. The lowest BCUT2D eigenvalue weighted by Gasteiger charge is -2.12. The molecule has 0 aliphatic carbocycles. The van der Waals surface area contributed by atoms with Gasteiger partial charge in [0.05, 0.1) is 24.4 Å². The van der Waals surface area contributed by atoms with E-state index in [4.69, 9.17) is 32.0 Å². The topological polar surface area (TPSA) is 90.0 Å². The molecule has 0 radical (unpaired) electrons. The van der Waals surface area contributed by atoms with Gasteiger partial charge < -0.3 is 20.4 Å². The van der Waals surface area contributed by atoms with Crippen LogP contribution in [0.2, 0.25) is 5.02 Å². The Morgan fingerprint density at radius 3 is 2.90 bits per heavy atom. The van der Waals surface area contributed by atoms with Crippen LogP contribution in [0.25, 0.3) is 11.3 Å². The fourth-order valence-corrected chi connectivity index (χ4v) is 2.71. The molecule has 1 heterocycles. The third-order valence-corrected chi connectivity index (χ3v) is 3.79. The SMILES string of the molecule is CCOc1c(Cl)cc(-c2csc(/C(N)=N\O)n2)cc1OC. The maximum absolute atomic E-state index is 8.66. The van der Waals surface area contributed by atoms with Crippen LogP contribution >= 0.6 is 22.9 Å². The van der Waals surface area contributed by atoms with Crippen molar-refractivity contribution < 1.29 is 14.7 Å². The van der Waals surface area contributed by atoms with E-state index < -0.39 is 0 Å². The summed E-state index contributed by atoms with van der Waals surface area (Å²) in [5.74, 6) is 0.991. The number of nitrogens with two attached hydrogens (primary N) is 1. The van der Waals surface area contributed by atoms with Gasteiger partial charge in [-0.15, -0.1) is 11.3 Å². The fourth-order valence-electron chi connectivity index (χ4n) is 1.72. The number of halogens is 1. The smallest absolute Gasteiger partial charge is 0.199 e. The van der Waals surface area contributed by atoms with Crippen LogP contribution in [0.15, 0.2) is 22.7 Å². The van der Waals surface area contributed by atoms with Gasteiger partial charge in [-0.3, -0.25) is 0 Å². The van der Waals surface area contributed by atoms with Gasteiger partial charge in [0.25, 0.3) is 0 Å². The van der Waals surface area contributed by atoms with Crippen molar-refractivity contribution in [2.75, 3.05) is 13.7 Å². The zero-order valence-electron chi connectivity index (χ0n) is 11.5. The van der Waals surface area contributed by atoms with E-state index in [1.54, 1.807) is 24.6 Å². The third-order valence-electron chi connectivity index (χ3n) is 2.64. The first-order chi connectivity index (χ1) is 10.1. The molecule has 0 saturated heterocycles. The standard InChI is InChI=1S/C13H14ClN3O3S/c1-3-20-11-8(14)4-7(5-10(11)19-2)9-6-21-13(16-9)12(15)17-18/h4-6,18H,3H2,1-2H3,(H2,15,17). The number of rotatable bonds is 5. The van der Waals surface area contributed by atoms with E-state index in [2.05, 4.69) is 10.1 Å². The Hall–Kier alpha value is -1.99. The molecule has 0 fully saturated rings. The fraction of sp³-hybridized carbons (Fsp3) is 0.231. The Morgan fingerprint density at radius 1 is 1.52 bits per heavy atom. The van der Waals surface area contributed by atoms with E-state index in [0.717, 1.165) is 5.56 Å². The highest BCUT2D eigenvalue weighted by Gasteiger charge is 2.15. The zero-order valence-corrected chi connectivity index (χ0v) is 13.0. The van der Waals surface area contributed by atoms with Crippen LogP contribution < -0.4 is 15.2 Å². The summed E-state index contributed by atoms with van der Waals surface area (Å²) >= 11 is 7.49. The Balaban J connectivity index is 2.45. The first-order valence-corrected chi connectivity index (χ1v) is 7.30. The molecule has 2 aromatic rings. The quantitative estimate of drug-likeness (QED) is 0.381. The molecule has 6 nitrogen and oxygen atoms in total. The van der Waals surface area contributed by atoms with Crippen molar-refractivity contribution in [1.29, 1.82) is 0 Å². The lowest BCUT2D eigenvalue weighted by molar-refractivity contribution is 0.311. The van der Waals surface area contributed by atoms with E-state index in [9.17, 15) is 0 Å². The first kappa shape index (κ1) is 15.4. The summed E-state index contributed by atoms with van der Waals surface area (Å²) in [6, 6.07) is 3.52. The van der Waals surface area contributed by atoms with Crippen LogP contribution in [-0.4, -0.2) is 29.7 Å². The Bertz CT molecular complexity index is 673. The number of oxime groups is 1. The van der Waals surface area contributed by atoms with E-state index in [1.807, 2.05) is 6.92 Å². The molecule has 0 aliphatic heterocycles. The predicted octanol–water partition coefficient (Wildman–Crippen LogP) is 2.97. The number of aromatic nitrogens is 1. The van der Waals surface area contributed by atoms with Gasteiger partial charge in [-0.2, -0.15) is 0 Å². The number of nitrogens with zero attached hydrogens (tertiary/aromatic N) is 2. The van der Waals surface area contributed by atoms with Gasteiger partial charge in [0.15, 0.2) is 22.3 Å². The average Bonchev–Trinajstić information content (AvgIpc) is 2.98. The summed E-state index contributed by atoms with van der Waals surface area (Å²) in [7, 11) is 1.54. The summed E-state index contributed by atoms with van der Waals surface area (Å²) in [6.45, 7) is 2.35. The molecule has 0 aliphatic rings. The predicted molar refractivity (Wildman–Crippen MR) is 82.8 cm³/mol. The molecule has 2 rings (SSSR count). The minimum atomic E-state index is -0.0322. The number of methoxy groups -OCH3 is 1. The number of hydrogen-bond acceptors (Lipinski definition) is 6. The van der Waals surface area contributed by atoms with Crippen molar-refractivity contribution in [3.8, 4) is 22.8 Å². The van der Waals surface area contributed by atoms with Gasteiger partial charge in [0, 0.05) is 10.9 Å². The highest BCUT2D eigenvalue weighted by molar-refractivity contribution is 7.12. The van der Waals surface area contributed by atoms with Crippen molar-refractivity contribution in [2.45, 2.75) is 6.92 Å². The molecule has 0 bridgehead atoms. The highest BCUT2D eigenvalue weighted by atomic mass is 35.5. The summed E-state index contributed by atoms with van der Waals surface area (Å²) in [4.78, 5) is 4.29. The molecule has 112 valence electrons. The number of benzene rings is 1. The van der Waals surface area contributed by atoms with Crippen molar-refractivity contribution in [1.82, 2.24) is 4.98 Å². The molecule has 0 amide bonds. The monoisotopic (exact) mass is 327 g/mol. The number of thiazole rings is 1. The minimum absolute atomic E-state index is 0.0322. The first-order valence-electron chi connectivity index (χ1n) is 6.04. The second kappa shape index (κ2) is 6.64. The zero-order chi connectivity index (χ0) is 15.4. The minimum Gasteiger partial charge on any atom is -0.493 e. The maximum atomic E-state index is 8.66. The van der Waals surface area contributed by atoms with Crippen LogP contribution in [0.3, 0.4) is 0 Å². The largest absolute Gasteiger partial charge is 0.493 e. The van der Waals surface area contributed by atoms with Crippen LogP contribution in [0.5, 0.6) is 11.5 Å². The van der Waals surface area contributed by atoms with Gasteiger partial charge in [-0.25, -0.2) is 4.98 Å². The molecular weight excluding hydrogens is 314 g/mol. The van der Waals surface area contributed by atoms with E-state index >= 15 is 0 Å². The van der Waals surface area contributed by atoms with Crippen LogP contribution in [0.4, 0.5) is 0 Å². The summed E-state index contributed by atoms with van der Waals surface area (Å²) in [5.41, 5.74) is 6.93. The van der Waals surface area contributed by atoms with E-state index in [0.29, 0.717) is 33.8 Å². The maximum Gasteiger partial charge on any atom is 0.199 e. The molecule has 1 aromatic carbocycles. The molecule has 0 atom stereocenters. The summed E-state index contributed by atoms with van der Waals surface area (Å²) < 4.78 is 10.8. The summed E-state index contributed by atoms with van der Waals surface area (Å²) in [5, 5.41) is 14.2. The van der Waals surface area contributed by atoms with Crippen molar-refractivity contribution in [3.05, 3.63) is 27.5 Å². The summed E-state index contributed by atoms with van der Waals surface area (Å²) in [6.07, 6.45) is 0. The molecule has 8 heteroatoms. The van der Waals surface area contributed by atoms with Crippen LogP contribution in [0.1, 0.15) is 11.9 Å². The third kappa shape index (κ3) is 3.20. The van der Waals surface area contributed by atoms with E-state index in [1.165, 1.54) is 11.3 Å². The second-order valence-electron chi connectivity index (χ2n) is 3.95. The molecule has 1 aromatic heterocycles. The van der Waals surface area contributed by atoms with Gasteiger partial charge >= 0.3 is 0 Å². The van der Waals surface area contributed by atoms with Gasteiger partial charge in [0.1, 0.15) is 0 Å². The lowest BCUT2D eigenvalue weighted by atomic mass is 10.1. The van der Waals surface area contributed by atoms with Gasteiger partial charge in [-0.1, -0.05) is 16.8 Å². The number of amidine groups is 1. The molecule has 0 saturated carbocycles. The van der Waals surface area contributed by atoms with Crippen molar-refractivity contribution >= 4 is 28.8 Å². The van der Waals surface area contributed by atoms with Crippen molar-refractivity contribution in [3.63, 3.8) is 0 Å². The normalized spacial score (nSPS) is 11.5. The lowest BCUT2D eigenvalue weighted by Crippen LogP contribution is -2.12. The highest BCUT2D eigenvalue weighted by Crippen LogP contribution is 2.39. The second-order valence-corrected chi connectivity index (χ2v) is 5.21. The molecule has 0 spiro atoms. The van der Waals surface area contributed by atoms with E-state index in [-0.39, 0.29) is 5.84 Å². The van der Waals surface area contributed by atoms with Crippen LogP contribution in [-0.2, 0) is 0 Å². The Morgan fingerprint density at radius 2 is 2.29 bits per heavy atom. The Labute approximate surface area is 130 Å². The molecule has 0 unspecified atom stereocenters. The average molecular weight is 328 g/mol. The van der Waals surface area contributed by atoms with Gasteiger partial charge in [0.2, 0.25) is 0 Å². The molecular formula is C13H14ClN3O3S. The molecule has 3 N–H and O–H groups in total. The number of hydrogen-bond donors (Lipinski definition) is 2.